The number of hydrogen-bond donors (Lipinski definition) is 1. The molecule has 0 saturated heterocycles. The summed E-state index contributed by atoms with van der Waals surface area (Å²) in [6, 6.07) is 0. The third-order valence-electron chi connectivity index (χ3n) is 3.40. The van der Waals surface area contributed by atoms with E-state index in [0.29, 0.717) is 0 Å². The van der Waals surface area contributed by atoms with E-state index in [1.807, 2.05) is 7.05 Å². The van der Waals surface area contributed by atoms with Crippen LogP contribution in [0.3, 0.4) is 0 Å². The van der Waals surface area contributed by atoms with E-state index in [-0.39, 0.29) is 0 Å². The predicted molar refractivity (Wildman–Crippen MR) is 62.1 cm³/mol. The van der Waals surface area contributed by atoms with Crippen molar-refractivity contribution in [2.75, 3.05) is 13.6 Å². The number of aryl methyl sites for hydroxylation is 1. The van der Waals surface area contributed by atoms with Gasteiger partial charge >= 0.3 is 0 Å². The second-order valence-electron chi connectivity index (χ2n) is 4.35. The van der Waals surface area contributed by atoms with Crippen molar-refractivity contribution < 1.29 is 0 Å². The van der Waals surface area contributed by atoms with Crippen molar-refractivity contribution in [1.82, 2.24) is 15.1 Å². The Labute approximate surface area is 91.9 Å². The number of nitrogens with one attached hydrogen (secondary N) is 1. The van der Waals surface area contributed by atoms with Gasteiger partial charge in [0.2, 0.25) is 0 Å². The maximum Gasteiger partial charge on any atom is 0.0525 e. The normalized spacial score (nSPS) is 16.7. The Hall–Kier alpha value is -0.830. The molecule has 1 heterocycles. The van der Waals surface area contributed by atoms with Crippen molar-refractivity contribution in [2.45, 2.75) is 45.1 Å². The molecular formula is C12H21N3. The van der Waals surface area contributed by atoms with Crippen LogP contribution in [0.15, 0.2) is 6.20 Å². The van der Waals surface area contributed by atoms with Crippen LogP contribution >= 0.6 is 0 Å². The third-order valence-corrected chi connectivity index (χ3v) is 3.40. The van der Waals surface area contributed by atoms with Crippen LogP contribution in [0.4, 0.5) is 0 Å². The summed E-state index contributed by atoms with van der Waals surface area (Å²) < 4.78 is 2.19. The second-order valence-corrected chi connectivity index (χ2v) is 4.35. The van der Waals surface area contributed by atoms with E-state index in [4.69, 9.17) is 0 Å². The van der Waals surface area contributed by atoms with Crippen LogP contribution in [0.5, 0.6) is 0 Å². The average Bonchev–Trinajstić information content (AvgIpc) is 2.56. The zero-order chi connectivity index (χ0) is 10.7. The first-order valence-electron chi connectivity index (χ1n) is 6.06. The molecule has 3 nitrogen and oxygen atoms in total. The molecule has 1 aromatic rings. The Bertz CT molecular complexity index is 313. The van der Waals surface area contributed by atoms with Crippen LogP contribution in [0.2, 0.25) is 0 Å². The van der Waals surface area contributed by atoms with Crippen LogP contribution in [0.25, 0.3) is 0 Å². The van der Waals surface area contributed by atoms with Crippen LogP contribution < -0.4 is 5.32 Å². The predicted octanol–water partition coefficient (Wildman–Crippen LogP) is 1.93. The topological polar surface area (TPSA) is 29.9 Å². The molecule has 84 valence electrons. The Morgan fingerprint density at radius 3 is 2.87 bits per heavy atom. The first kappa shape index (κ1) is 10.7. The monoisotopic (exact) mass is 207 g/mol. The van der Waals surface area contributed by atoms with Gasteiger partial charge < -0.3 is 5.32 Å². The number of aromatic nitrogens is 2. The van der Waals surface area contributed by atoms with E-state index in [9.17, 15) is 0 Å². The zero-order valence-electron chi connectivity index (χ0n) is 9.79. The molecular weight excluding hydrogens is 186 g/mol. The van der Waals surface area contributed by atoms with E-state index in [2.05, 4.69) is 28.2 Å². The minimum atomic E-state index is 0.791. The summed E-state index contributed by atoms with van der Waals surface area (Å²) in [7, 11) is 2.01. The maximum absolute atomic E-state index is 4.48. The lowest BCUT2D eigenvalue weighted by molar-refractivity contribution is 0.388. The molecule has 1 fully saturated rings. The highest BCUT2D eigenvalue weighted by atomic mass is 15.3. The van der Waals surface area contributed by atoms with Gasteiger partial charge in [0.25, 0.3) is 0 Å². The Morgan fingerprint density at radius 2 is 2.33 bits per heavy atom. The van der Waals surface area contributed by atoms with Gasteiger partial charge in [-0.15, -0.1) is 0 Å². The first-order valence-corrected chi connectivity index (χ1v) is 6.06. The molecule has 0 aliphatic heterocycles. The highest BCUT2D eigenvalue weighted by molar-refractivity contribution is 5.24. The van der Waals surface area contributed by atoms with Gasteiger partial charge in [-0.2, -0.15) is 5.10 Å². The molecule has 3 heteroatoms. The Balaban J connectivity index is 2.16. The van der Waals surface area contributed by atoms with Crippen molar-refractivity contribution in [3.8, 4) is 0 Å². The number of likely N-dealkylation sites (N-methyl/N-ethyl adjacent to an activating group) is 1. The van der Waals surface area contributed by atoms with Gasteiger partial charge in [0.05, 0.1) is 6.20 Å². The second kappa shape index (κ2) is 4.79. The van der Waals surface area contributed by atoms with Gasteiger partial charge in [-0.3, -0.25) is 4.68 Å². The molecule has 15 heavy (non-hydrogen) atoms. The van der Waals surface area contributed by atoms with Gasteiger partial charge in [0.1, 0.15) is 0 Å². The minimum Gasteiger partial charge on any atom is -0.319 e. The molecule has 0 aromatic carbocycles. The van der Waals surface area contributed by atoms with Crippen LogP contribution in [0.1, 0.15) is 43.4 Å². The van der Waals surface area contributed by atoms with Crippen molar-refractivity contribution in [1.29, 1.82) is 0 Å². The maximum atomic E-state index is 4.48. The molecule has 0 bridgehead atoms. The molecule has 0 atom stereocenters. The van der Waals surface area contributed by atoms with Crippen molar-refractivity contribution in [3.63, 3.8) is 0 Å². The average molecular weight is 207 g/mol. The highest BCUT2D eigenvalue weighted by Gasteiger charge is 2.25. The van der Waals surface area contributed by atoms with Crippen LogP contribution in [-0.4, -0.2) is 23.4 Å². The molecule has 1 aromatic heterocycles. The lowest BCUT2D eigenvalue weighted by Gasteiger charge is -2.27. The fourth-order valence-corrected chi connectivity index (χ4v) is 2.29. The molecule has 0 amide bonds. The zero-order valence-corrected chi connectivity index (χ0v) is 9.79. The van der Waals surface area contributed by atoms with Crippen molar-refractivity contribution >= 4 is 0 Å². The molecule has 1 N–H and O–H groups in total. The summed E-state index contributed by atoms with van der Waals surface area (Å²) in [5.74, 6) is 0.791. The number of hydrogen-bond acceptors (Lipinski definition) is 2. The molecule has 2 rings (SSSR count). The fourth-order valence-electron chi connectivity index (χ4n) is 2.29. The van der Waals surface area contributed by atoms with Gasteiger partial charge in [-0.25, -0.2) is 0 Å². The quantitative estimate of drug-likeness (QED) is 0.799. The van der Waals surface area contributed by atoms with Crippen LogP contribution in [-0.2, 0) is 13.0 Å². The summed E-state index contributed by atoms with van der Waals surface area (Å²) in [4.78, 5) is 0. The van der Waals surface area contributed by atoms with E-state index in [1.165, 1.54) is 30.5 Å². The van der Waals surface area contributed by atoms with E-state index in [1.54, 1.807) is 0 Å². The third kappa shape index (κ3) is 2.07. The molecule has 1 aliphatic rings. The van der Waals surface area contributed by atoms with E-state index >= 15 is 0 Å². The summed E-state index contributed by atoms with van der Waals surface area (Å²) >= 11 is 0. The summed E-state index contributed by atoms with van der Waals surface area (Å²) in [6.45, 7) is 4.23. The highest BCUT2D eigenvalue weighted by Crippen LogP contribution is 2.38. The summed E-state index contributed by atoms with van der Waals surface area (Å²) in [6.07, 6.45) is 7.29. The molecule has 1 aliphatic carbocycles. The summed E-state index contributed by atoms with van der Waals surface area (Å²) in [5.41, 5.74) is 2.97. The SMILES string of the molecule is CCn1ncc(CCNC)c1C1CCC1. The van der Waals surface area contributed by atoms with Crippen molar-refractivity contribution in [2.24, 2.45) is 0 Å². The Kier molecular flexibility index (Phi) is 3.41. The first-order chi connectivity index (χ1) is 7.36. The Morgan fingerprint density at radius 1 is 1.53 bits per heavy atom. The largest absolute Gasteiger partial charge is 0.319 e. The van der Waals surface area contributed by atoms with E-state index in [0.717, 1.165) is 25.4 Å². The standard InChI is InChI=1S/C12H21N3/c1-3-15-12(10-5-4-6-10)11(9-14-15)7-8-13-2/h9-10,13H,3-8H2,1-2H3. The number of nitrogens with zero attached hydrogens (tertiary/aromatic N) is 2. The summed E-state index contributed by atoms with van der Waals surface area (Å²) in [5, 5.41) is 7.69. The molecule has 1 saturated carbocycles. The molecule has 0 spiro atoms. The lowest BCUT2D eigenvalue weighted by atomic mass is 9.81. The molecule has 0 radical (unpaired) electrons. The van der Waals surface area contributed by atoms with Gasteiger partial charge in [-0.1, -0.05) is 6.42 Å². The van der Waals surface area contributed by atoms with Gasteiger partial charge in [0, 0.05) is 18.2 Å². The smallest absolute Gasteiger partial charge is 0.0525 e. The molecule has 0 unspecified atom stereocenters. The van der Waals surface area contributed by atoms with Crippen LogP contribution in [0, 0.1) is 0 Å². The minimum absolute atomic E-state index is 0.791. The number of rotatable bonds is 5. The van der Waals surface area contributed by atoms with Crippen molar-refractivity contribution in [3.05, 3.63) is 17.5 Å². The lowest BCUT2D eigenvalue weighted by Crippen LogP contribution is -2.18. The van der Waals surface area contributed by atoms with Gasteiger partial charge in [-0.05, 0) is 45.3 Å². The van der Waals surface area contributed by atoms with E-state index < -0.39 is 0 Å². The van der Waals surface area contributed by atoms with Gasteiger partial charge in [0.15, 0.2) is 0 Å². The fraction of sp³-hybridized carbons (Fsp3) is 0.750.